The third-order valence-electron chi connectivity index (χ3n) is 3.71. The van der Waals surface area contributed by atoms with Crippen LogP contribution in [0.4, 0.5) is 14.5 Å². The number of amides is 1. The number of carboxylic acid groups (broad SMARTS) is 1. The zero-order chi connectivity index (χ0) is 15.7. The van der Waals surface area contributed by atoms with Crippen molar-refractivity contribution in [3.05, 3.63) is 28.2 Å². The Bertz CT molecular complexity index is 571. The van der Waals surface area contributed by atoms with Gasteiger partial charge in [0.05, 0.1) is 17.5 Å². The van der Waals surface area contributed by atoms with Crippen LogP contribution in [0, 0.1) is 29.4 Å². The predicted molar refractivity (Wildman–Crippen MR) is 75.7 cm³/mol. The van der Waals surface area contributed by atoms with E-state index in [1.165, 1.54) is 0 Å². The maximum Gasteiger partial charge on any atom is 0.307 e. The molecule has 7 heteroatoms. The molecule has 1 aromatic rings. The van der Waals surface area contributed by atoms with Gasteiger partial charge in [-0.25, -0.2) is 8.78 Å². The summed E-state index contributed by atoms with van der Waals surface area (Å²) in [5.74, 6) is -4.64. The third-order valence-corrected chi connectivity index (χ3v) is 4.33. The summed E-state index contributed by atoms with van der Waals surface area (Å²) in [6, 6.07) is 1.69. The van der Waals surface area contributed by atoms with Crippen LogP contribution in [-0.4, -0.2) is 17.0 Å². The number of benzene rings is 1. The molecule has 0 aliphatic heterocycles. The van der Waals surface area contributed by atoms with Crippen molar-refractivity contribution in [3.63, 3.8) is 0 Å². The van der Waals surface area contributed by atoms with E-state index in [-0.39, 0.29) is 16.1 Å². The van der Waals surface area contributed by atoms with Crippen molar-refractivity contribution < 1.29 is 23.5 Å². The predicted octanol–water partition coefficient (Wildman–Crippen LogP) is 3.41. The average molecular weight is 362 g/mol. The SMILES string of the molecule is CC1CC(C(=O)O)C(C(=O)Nc2c(F)cc(F)cc2Br)C1. The van der Waals surface area contributed by atoms with E-state index < -0.39 is 35.3 Å². The third kappa shape index (κ3) is 3.40. The average Bonchev–Trinajstić information content (AvgIpc) is 2.76. The van der Waals surface area contributed by atoms with Crippen molar-refractivity contribution in [2.45, 2.75) is 19.8 Å². The molecule has 4 nitrogen and oxygen atoms in total. The number of nitrogens with one attached hydrogen (secondary N) is 1. The summed E-state index contributed by atoms with van der Waals surface area (Å²) in [5, 5.41) is 11.5. The molecule has 21 heavy (non-hydrogen) atoms. The Labute approximate surface area is 128 Å². The minimum absolute atomic E-state index is 0.0753. The quantitative estimate of drug-likeness (QED) is 0.866. The Balaban J connectivity index is 2.20. The van der Waals surface area contributed by atoms with Crippen LogP contribution in [0.25, 0.3) is 0 Å². The summed E-state index contributed by atoms with van der Waals surface area (Å²) in [6.07, 6.45) is 0.851. The highest BCUT2D eigenvalue weighted by atomic mass is 79.9. The zero-order valence-electron chi connectivity index (χ0n) is 11.2. The van der Waals surface area contributed by atoms with E-state index in [4.69, 9.17) is 5.11 Å². The number of hydrogen-bond donors (Lipinski definition) is 2. The Kier molecular flexibility index (Phi) is 4.61. The molecule has 0 saturated heterocycles. The van der Waals surface area contributed by atoms with Gasteiger partial charge in [-0.15, -0.1) is 0 Å². The molecular weight excluding hydrogens is 348 g/mol. The molecule has 1 fully saturated rings. The highest BCUT2D eigenvalue weighted by molar-refractivity contribution is 9.10. The van der Waals surface area contributed by atoms with Gasteiger partial charge in [-0.3, -0.25) is 9.59 Å². The molecule has 1 aliphatic carbocycles. The Hall–Kier alpha value is -1.50. The molecule has 2 N–H and O–H groups in total. The maximum absolute atomic E-state index is 13.7. The zero-order valence-corrected chi connectivity index (χ0v) is 12.8. The highest BCUT2D eigenvalue weighted by Crippen LogP contribution is 2.38. The fourth-order valence-corrected chi connectivity index (χ4v) is 3.24. The molecule has 3 atom stereocenters. The Morgan fingerprint density at radius 2 is 1.90 bits per heavy atom. The van der Waals surface area contributed by atoms with E-state index in [2.05, 4.69) is 21.2 Å². The molecule has 0 radical (unpaired) electrons. The molecule has 2 rings (SSSR count). The maximum atomic E-state index is 13.7. The first kappa shape index (κ1) is 15.9. The van der Waals surface area contributed by atoms with Gasteiger partial charge < -0.3 is 10.4 Å². The minimum atomic E-state index is -1.03. The number of anilines is 1. The van der Waals surface area contributed by atoms with Crippen molar-refractivity contribution in [2.24, 2.45) is 17.8 Å². The van der Waals surface area contributed by atoms with E-state index in [0.717, 1.165) is 6.07 Å². The Morgan fingerprint density at radius 3 is 2.48 bits per heavy atom. The van der Waals surface area contributed by atoms with Crippen molar-refractivity contribution in [1.82, 2.24) is 0 Å². The lowest BCUT2D eigenvalue weighted by molar-refractivity contribution is -0.145. The first-order valence-electron chi connectivity index (χ1n) is 6.47. The highest BCUT2D eigenvalue weighted by Gasteiger charge is 2.41. The largest absolute Gasteiger partial charge is 0.481 e. The number of carboxylic acids is 1. The van der Waals surface area contributed by atoms with Gasteiger partial charge in [0.2, 0.25) is 5.91 Å². The van der Waals surface area contributed by atoms with Crippen LogP contribution in [0.2, 0.25) is 0 Å². The number of hydrogen-bond acceptors (Lipinski definition) is 2. The number of rotatable bonds is 3. The van der Waals surface area contributed by atoms with Crippen LogP contribution in [0.1, 0.15) is 19.8 Å². The van der Waals surface area contributed by atoms with Gasteiger partial charge in [0.15, 0.2) is 5.82 Å². The molecule has 1 amide bonds. The van der Waals surface area contributed by atoms with Gasteiger partial charge in [0.25, 0.3) is 0 Å². The first-order valence-corrected chi connectivity index (χ1v) is 7.27. The molecule has 114 valence electrons. The standard InChI is InChI=1S/C14H14BrF2NO3/c1-6-2-8(9(3-6)14(20)21)13(19)18-12-10(15)4-7(16)5-11(12)17/h4-6,8-9H,2-3H2,1H3,(H,18,19)(H,20,21). The monoisotopic (exact) mass is 361 g/mol. The molecule has 0 bridgehead atoms. The second kappa shape index (κ2) is 6.09. The van der Waals surface area contributed by atoms with Crippen LogP contribution < -0.4 is 5.32 Å². The second-order valence-corrected chi connectivity index (χ2v) is 6.22. The van der Waals surface area contributed by atoms with Crippen LogP contribution in [0.5, 0.6) is 0 Å². The normalized spacial score (nSPS) is 24.9. The number of aliphatic carboxylic acids is 1. The van der Waals surface area contributed by atoms with E-state index >= 15 is 0 Å². The van der Waals surface area contributed by atoms with Gasteiger partial charge in [0.1, 0.15) is 5.82 Å². The van der Waals surface area contributed by atoms with Crippen molar-refractivity contribution >= 4 is 33.5 Å². The molecule has 0 aromatic heterocycles. The van der Waals surface area contributed by atoms with Gasteiger partial charge in [-0.2, -0.15) is 0 Å². The summed E-state index contributed by atoms with van der Waals surface area (Å²) < 4.78 is 26.8. The van der Waals surface area contributed by atoms with Crippen molar-refractivity contribution in [2.75, 3.05) is 5.32 Å². The summed E-state index contributed by atoms with van der Waals surface area (Å²) in [5.41, 5.74) is -0.176. The summed E-state index contributed by atoms with van der Waals surface area (Å²) in [4.78, 5) is 23.4. The number of carbonyl (C=O) groups excluding carboxylic acids is 1. The molecule has 1 aliphatic rings. The first-order chi connectivity index (χ1) is 9.79. The fourth-order valence-electron chi connectivity index (χ4n) is 2.73. The number of halogens is 3. The van der Waals surface area contributed by atoms with Gasteiger partial charge in [-0.1, -0.05) is 6.92 Å². The van der Waals surface area contributed by atoms with Crippen molar-refractivity contribution in [3.8, 4) is 0 Å². The fraction of sp³-hybridized carbons (Fsp3) is 0.429. The van der Waals surface area contributed by atoms with E-state index in [1.54, 1.807) is 0 Å². The van der Waals surface area contributed by atoms with E-state index in [1.807, 2.05) is 6.92 Å². The molecular formula is C14H14BrF2NO3. The second-order valence-electron chi connectivity index (χ2n) is 5.36. The van der Waals surface area contributed by atoms with Crippen LogP contribution >= 0.6 is 15.9 Å². The minimum Gasteiger partial charge on any atom is -0.481 e. The lowest BCUT2D eigenvalue weighted by Crippen LogP contribution is -2.30. The summed E-state index contributed by atoms with van der Waals surface area (Å²) >= 11 is 2.98. The summed E-state index contributed by atoms with van der Waals surface area (Å²) in [7, 11) is 0. The summed E-state index contributed by atoms with van der Waals surface area (Å²) in [6.45, 7) is 1.87. The molecule has 1 saturated carbocycles. The lowest BCUT2D eigenvalue weighted by Gasteiger charge is -2.16. The van der Waals surface area contributed by atoms with Crippen LogP contribution in [0.3, 0.4) is 0 Å². The molecule has 1 aromatic carbocycles. The smallest absolute Gasteiger partial charge is 0.307 e. The lowest BCUT2D eigenvalue weighted by atomic mass is 9.95. The van der Waals surface area contributed by atoms with E-state index in [0.29, 0.717) is 18.9 Å². The topological polar surface area (TPSA) is 66.4 Å². The molecule has 0 spiro atoms. The Morgan fingerprint density at radius 1 is 1.29 bits per heavy atom. The van der Waals surface area contributed by atoms with Crippen LogP contribution in [-0.2, 0) is 9.59 Å². The van der Waals surface area contributed by atoms with Gasteiger partial charge >= 0.3 is 5.97 Å². The molecule has 0 heterocycles. The van der Waals surface area contributed by atoms with Gasteiger partial charge in [-0.05, 0) is 40.8 Å². The van der Waals surface area contributed by atoms with E-state index in [9.17, 15) is 18.4 Å². The van der Waals surface area contributed by atoms with Gasteiger partial charge in [0, 0.05) is 10.5 Å². The van der Waals surface area contributed by atoms with Crippen molar-refractivity contribution in [1.29, 1.82) is 0 Å². The number of carbonyl (C=O) groups is 2. The molecule has 3 unspecified atom stereocenters. The van der Waals surface area contributed by atoms with Crippen LogP contribution in [0.15, 0.2) is 16.6 Å².